The molecule has 552 valence electrons. The Bertz CT molecular complexity index is 6280. The van der Waals surface area contributed by atoms with Crippen LogP contribution in [-0.2, 0) is 16.2 Å². The molecular formula is C103H62F8N2O2. The second-order valence-electron chi connectivity index (χ2n) is 29.2. The van der Waals surface area contributed by atoms with Gasteiger partial charge in [0.25, 0.3) is 0 Å². The molecule has 4 aliphatic carbocycles. The fourth-order valence-electron chi connectivity index (χ4n) is 18.6. The summed E-state index contributed by atoms with van der Waals surface area (Å²) in [5.41, 5.74) is 14.9. The van der Waals surface area contributed by atoms with Crippen molar-refractivity contribution in [2.24, 2.45) is 0 Å². The van der Waals surface area contributed by atoms with E-state index in [9.17, 15) is 0 Å². The molecule has 16 aromatic carbocycles. The first-order valence-electron chi connectivity index (χ1n) is 37.6. The van der Waals surface area contributed by atoms with Crippen molar-refractivity contribution in [1.82, 2.24) is 0 Å². The van der Waals surface area contributed by atoms with Crippen molar-refractivity contribution >= 4 is 46.3 Å². The average Bonchev–Trinajstić information content (AvgIpc) is 1.53. The van der Waals surface area contributed by atoms with E-state index < -0.39 is 62.8 Å². The molecule has 0 saturated heterocycles. The van der Waals surface area contributed by atoms with Crippen LogP contribution in [0.2, 0.25) is 0 Å². The normalized spacial score (nSPS) is 16.0. The van der Waals surface area contributed by atoms with Crippen LogP contribution in [0.4, 0.5) is 69.2 Å². The highest BCUT2D eigenvalue weighted by Crippen LogP contribution is 2.66. The van der Waals surface area contributed by atoms with E-state index in [2.05, 4.69) is 25.3 Å². The zero-order chi connectivity index (χ0) is 78.2. The van der Waals surface area contributed by atoms with E-state index in [1.165, 1.54) is 36.4 Å². The summed E-state index contributed by atoms with van der Waals surface area (Å²) in [5, 5.41) is 0. The van der Waals surface area contributed by atoms with E-state index in [1.807, 2.05) is 255 Å². The molecule has 0 N–H and O–H groups in total. The molecule has 0 saturated carbocycles. The zero-order valence-corrected chi connectivity index (χ0v) is 61.1. The van der Waals surface area contributed by atoms with Gasteiger partial charge in [-0.05, 0) is 268 Å². The van der Waals surface area contributed by atoms with Crippen LogP contribution in [0.25, 0.3) is 56.7 Å². The van der Waals surface area contributed by atoms with Gasteiger partial charge in [0.05, 0.1) is 27.6 Å². The van der Waals surface area contributed by atoms with Gasteiger partial charge in [-0.2, -0.15) is 0 Å². The molecule has 0 aliphatic heterocycles. The van der Waals surface area contributed by atoms with E-state index in [-0.39, 0.29) is 11.4 Å². The molecule has 0 radical (unpaired) electrons. The number of rotatable bonds is 16. The van der Waals surface area contributed by atoms with Gasteiger partial charge < -0.3 is 19.3 Å². The van der Waals surface area contributed by atoms with E-state index >= 15 is 35.1 Å². The van der Waals surface area contributed by atoms with Crippen LogP contribution < -0.4 is 19.3 Å². The first-order chi connectivity index (χ1) is 56.2. The number of ether oxygens (including phenoxy) is 2. The third-order valence-corrected chi connectivity index (χ3v) is 23.5. The van der Waals surface area contributed by atoms with E-state index in [4.69, 9.17) is 9.47 Å². The highest BCUT2D eigenvalue weighted by atomic mass is 19.2. The molecule has 4 nitrogen and oxygen atoms in total. The van der Waals surface area contributed by atoms with Gasteiger partial charge in [0.15, 0.2) is 34.9 Å². The van der Waals surface area contributed by atoms with Gasteiger partial charge in [-0.1, -0.05) is 219 Å². The quantitative estimate of drug-likeness (QED) is 0.0711. The topological polar surface area (TPSA) is 24.9 Å². The van der Waals surface area contributed by atoms with Crippen molar-refractivity contribution in [3.63, 3.8) is 0 Å². The van der Waals surface area contributed by atoms with Crippen LogP contribution in [0.5, 0.6) is 23.0 Å². The van der Waals surface area contributed by atoms with Gasteiger partial charge in [0.2, 0.25) is 0 Å². The molecule has 2 atom stereocenters. The molecule has 4 aliphatic rings. The van der Waals surface area contributed by atoms with Crippen molar-refractivity contribution in [3.05, 3.63) is 477 Å². The summed E-state index contributed by atoms with van der Waals surface area (Å²) in [6.45, 7) is 7.76. The standard InChI is InChI=1S/C103H62F8N2O2/c1-3-61-21-41-73(42-22-61)114-75-45-29-65(30-46-75)101(63-25-33-67(104)34-26-63)85-17-9-5-13-77(85)81-49-37-69(57-89(81)101)112(95-55-53-93(106)97(108)99(95)110)71-39-51-83-79-15-7-11-19-87(79)103(91(83)59-71)88-20-12-8-16-80(88)84-52-40-72(60-92(84)103)113(96-56-54-94(107)98(109)100(96)111)70-38-50-82-78-14-6-10-18-86(78)102(90(82)58-70,64-27-35-68(105)36-28-64)66-31-47-76(48-32-66)115-74-43-23-62(4-2)24-44-74/h3-60H,1-2H2. The minimum absolute atomic E-state index is 0.315. The molecule has 12 heteroatoms. The number of nitrogens with zero attached hydrogens (tertiary/aromatic N) is 2. The van der Waals surface area contributed by atoms with Crippen molar-refractivity contribution in [1.29, 1.82) is 0 Å². The van der Waals surface area contributed by atoms with Gasteiger partial charge in [0.1, 0.15) is 34.6 Å². The Morgan fingerprint density at radius 3 is 0.783 bits per heavy atom. The maximum atomic E-state index is 17.6. The smallest absolute Gasteiger partial charge is 0.196 e. The molecule has 20 rings (SSSR count). The molecule has 0 amide bonds. The molecule has 0 aromatic heterocycles. The first kappa shape index (κ1) is 69.8. The van der Waals surface area contributed by atoms with Crippen molar-refractivity contribution in [3.8, 4) is 67.5 Å². The van der Waals surface area contributed by atoms with Crippen LogP contribution in [0.3, 0.4) is 0 Å². The van der Waals surface area contributed by atoms with Crippen LogP contribution >= 0.6 is 0 Å². The zero-order valence-electron chi connectivity index (χ0n) is 61.1. The van der Waals surface area contributed by atoms with Crippen molar-refractivity contribution in [2.75, 3.05) is 9.80 Å². The number of halogens is 8. The van der Waals surface area contributed by atoms with Crippen LogP contribution in [-0.4, -0.2) is 0 Å². The summed E-state index contributed by atoms with van der Waals surface area (Å²) in [6, 6.07) is 102. The van der Waals surface area contributed by atoms with E-state index in [1.54, 1.807) is 46.2 Å². The lowest BCUT2D eigenvalue weighted by atomic mass is 9.67. The lowest BCUT2D eigenvalue weighted by Crippen LogP contribution is -2.29. The van der Waals surface area contributed by atoms with Crippen molar-refractivity contribution in [2.45, 2.75) is 16.2 Å². The maximum Gasteiger partial charge on any atom is 0.196 e. The Morgan fingerprint density at radius 2 is 0.487 bits per heavy atom. The highest BCUT2D eigenvalue weighted by molar-refractivity contribution is 5.99. The summed E-state index contributed by atoms with van der Waals surface area (Å²) in [5.74, 6) is -7.64. The first-order valence-corrected chi connectivity index (χ1v) is 37.6. The molecular weight excluding hydrogens is 1450 g/mol. The number of hydrogen-bond donors (Lipinski definition) is 0. The monoisotopic (exact) mass is 1510 g/mol. The average molecular weight is 1510 g/mol. The molecule has 1 spiro atoms. The van der Waals surface area contributed by atoms with Crippen LogP contribution in [0.1, 0.15) is 77.9 Å². The summed E-state index contributed by atoms with van der Waals surface area (Å²) >= 11 is 0. The molecule has 0 fully saturated rings. The predicted octanol–water partition coefficient (Wildman–Crippen LogP) is 27.7. The third-order valence-electron chi connectivity index (χ3n) is 23.5. The van der Waals surface area contributed by atoms with Crippen LogP contribution in [0, 0.1) is 46.5 Å². The fraction of sp³-hybridized carbons (Fsp3) is 0.0291. The van der Waals surface area contributed by atoms with Gasteiger partial charge in [-0.15, -0.1) is 0 Å². The van der Waals surface area contributed by atoms with E-state index in [0.29, 0.717) is 68.0 Å². The minimum Gasteiger partial charge on any atom is -0.457 e. The van der Waals surface area contributed by atoms with Gasteiger partial charge in [0, 0.05) is 22.7 Å². The minimum atomic E-state index is -1.69. The van der Waals surface area contributed by atoms with Crippen LogP contribution in [0.15, 0.2) is 353 Å². The van der Waals surface area contributed by atoms with Gasteiger partial charge in [-0.25, -0.2) is 35.1 Å². The Labute approximate surface area is 658 Å². The number of benzene rings is 16. The Balaban J connectivity index is 0.782. The Hall–Kier alpha value is -14.4. The summed E-state index contributed by atoms with van der Waals surface area (Å²) < 4.78 is 143. The Kier molecular flexibility index (Phi) is 16.4. The highest BCUT2D eigenvalue weighted by Gasteiger charge is 2.54. The predicted molar refractivity (Wildman–Crippen MR) is 440 cm³/mol. The largest absolute Gasteiger partial charge is 0.457 e. The fourth-order valence-corrected chi connectivity index (χ4v) is 18.6. The lowest BCUT2D eigenvalue weighted by Gasteiger charge is -2.36. The molecule has 115 heavy (non-hydrogen) atoms. The SMILES string of the molecule is C=Cc1ccc(Oc2ccc(C3(c4ccc(F)cc4)c4ccccc4-c4ccc(N(c5ccc6c(c5)C5(c7ccccc7-6)c6ccccc6-c6ccc(N(c7ccc8c(c7)C(c7ccc(F)cc7)(c7ccc(Oc9ccc(C=C)cc9)cc7)c7ccccc7-8)c7ccc(F)c(F)c7F)cc65)c5ccc(F)c(F)c5F)cc43)cc2)cc1. The van der Waals surface area contributed by atoms with E-state index in [0.717, 1.165) is 112 Å². The van der Waals surface area contributed by atoms with Crippen molar-refractivity contribution < 1.29 is 44.6 Å². The number of hydrogen-bond acceptors (Lipinski definition) is 4. The summed E-state index contributed by atoms with van der Waals surface area (Å²) in [4.78, 5) is 3.19. The second-order valence-corrected chi connectivity index (χ2v) is 29.2. The second kappa shape index (κ2) is 27.0. The Morgan fingerprint density at radius 1 is 0.235 bits per heavy atom. The van der Waals surface area contributed by atoms with Gasteiger partial charge in [-0.3, -0.25) is 0 Å². The number of anilines is 6. The molecule has 0 bridgehead atoms. The molecule has 0 heterocycles. The maximum absolute atomic E-state index is 17.6. The summed E-state index contributed by atoms with van der Waals surface area (Å²) in [6.07, 6.45) is 3.50. The van der Waals surface area contributed by atoms with Gasteiger partial charge >= 0.3 is 0 Å². The number of fused-ring (bicyclic) bond motifs is 16. The third kappa shape index (κ3) is 10.6. The summed E-state index contributed by atoms with van der Waals surface area (Å²) in [7, 11) is 0. The molecule has 2 unspecified atom stereocenters. The lowest BCUT2D eigenvalue weighted by molar-refractivity contribution is 0.448. The molecule has 16 aromatic rings.